The Bertz CT molecular complexity index is 968. The highest BCUT2D eigenvalue weighted by Crippen LogP contribution is 2.31. The Balaban J connectivity index is 1.74. The lowest BCUT2D eigenvalue weighted by molar-refractivity contribution is -0.120. The van der Waals surface area contributed by atoms with Crippen molar-refractivity contribution in [3.05, 3.63) is 70.2 Å². The predicted octanol–water partition coefficient (Wildman–Crippen LogP) is 4.55. The van der Waals surface area contributed by atoms with Crippen molar-refractivity contribution in [3.8, 4) is 5.75 Å². The first-order valence-corrected chi connectivity index (χ1v) is 11.0. The van der Waals surface area contributed by atoms with Crippen molar-refractivity contribution in [2.45, 2.75) is 32.7 Å². The number of fused-ring (bicyclic) bond motifs is 1. The van der Waals surface area contributed by atoms with Gasteiger partial charge in [-0.2, -0.15) is 0 Å². The van der Waals surface area contributed by atoms with Gasteiger partial charge in [0.1, 0.15) is 12.4 Å². The highest BCUT2D eigenvalue weighted by Gasteiger charge is 2.30. The van der Waals surface area contributed by atoms with E-state index < -0.39 is 12.2 Å². The molecule has 0 spiro atoms. The summed E-state index contributed by atoms with van der Waals surface area (Å²) in [4.78, 5) is 26.7. The van der Waals surface area contributed by atoms with Gasteiger partial charge < -0.3 is 20.1 Å². The number of aryl methyl sites for hydroxylation is 1. The Morgan fingerprint density at radius 1 is 1.35 bits per heavy atom. The Hall–Kier alpha value is -2.64. The van der Waals surface area contributed by atoms with Crippen LogP contribution in [-0.2, 0) is 22.4 Å². The Morgan fingerprint density at radius 2 is 2.10 bits per heavy atom. The van der Waals surface area contributed by atoms with Crippen molar-refractivity contribution in [3.63, 3.8) is 0 Å². The molecule has 0 aliphatic carbocycles. The van der Waals surface area contributed by atoms with Crippen LogP contribution in [0, 0.1) is 12.8 Å². The molecule has 6 nitrogen and oxygen atoms in total. The third kappa shape index (κ3) is 5.54. The van der Waals surface area contributed by atoms with Gasteiger partial charge in [-0.1, -0.05) is 53.7 Å². The third-order valence-corrected chi connectivity index (χ3v) is 5.97. The zero-order valence-corrected chi connectivity index (χ0v) is 19.4. The van der Waals surface area contributed by atoms with Crippen molar-refractivity contribution in [1.82, 2.24) is 0 Å². The van der Waals surface area contributed by atoms with Crippen molar-refractivity contribution in [1.29, 1.82) is 0 Å². The number of hydrogen-bond donors (Lipinski definition) is 1. The second-order valence-corrected chi connectivity index (χ2v) is 8.70. The van der Waals surface area contributed by atoms with Crippen molar-refractivity contribution < 1.29 is 19.1 Å². The minimum atomic E-state index is -0.802. The van der Waals surface area contributed by atoms with Crippen LogP contribution in [0.15, 0.2) is 53.5 Å². The van der Waals surface area contributed by atoms with E-state index in [4.69, 9.17) is 15.2 Å². The summed E-state index contributed by atoms with van der Waals surface area (Å²) in [6, 6.07) is 10.7. The number of nitrogens with zero attached hydrogens (tertiary/aromatic N) is 1. The second-order valence-electron chi connectivity index (χ2n) is 7.85. The number of rotatable bonds is 6. The molecule has 1 amide bonds. The van der Waals surface area contributed by atoms with Gasteiger partial charge in [-0.15, -0.1) is 0 Å². The monoisotopic (exact) mass is 486 g/mol. The van der Waals surface area contributed by atoms with Gasteiger partial charge in [0.2, 0.25) is 5.91 Å². The van der Waals surface area contributed by atoms with Crippen LogP contribution in [0.2, 0.25) is 0 Å². The van der Waals surface area contributed by atoms with Gasteiger partial charge in [-0.05, 0) is 60.6 Å². The highest BCUT2D eigenvalue weighted by molar-refractivity contribution is 9.10. The second kappa shape index (κ2) is 10.1. The molecule has 2 N–H and O–H groups in total. The molecule has 0 saturated heterocycles. The van der Waals surface area contributed by atoms with E-state index in [2.05, 4.69) is 35.5 Å². The van der Waals surface area contributed by atoms with Gasteiger partial charge in [-0.3, -0.25) is 4.79 Å². The summed E-state index contributed by atoms with van der Waals surface area (Å²) in [5.74, 6) is 0.622. The summed E-state index contributed by atoms with van der Waals surface area (Å²) in [5.41, 5.74) is 10.2. The Kier molecular flexibility index (Phi) is 7.51. The molecule has 31 heavy (non-hydrogen) atoms. The number of para-hydroxylation sites is 1. The van der Waals surface area contributed by atoms with Gasteiger partial charge in [-0.25, -0.2) is 4.79 Å². The largest absolute Gasteiger partial charge is 0.514 e. The first kappa shape index (κ1) is 23.0. The molecule has 1 heterocycles. The normalized spacial score (nSPS) is 16.3. The van der Waals surface area contributed by atoms with Crippen molar-refractivity contribution in [2.24, 2.45) is 11.7 Å². The quantitative estimate of drug-likeness (QED) is 0.367. The SMILES string of the molecule is C=CCOC(=O)Oc1cc(C)c(C[C@H](N)C(=O)N2CC(C)Cc3ccccc32)c(Br)c1. The van der Waals surface area contributed by atoms with Crippen LogP contribution in [0.5, 0.6) is 5.75 Å². The molecule has 1 aliphatic rings. The Labute approximate surface area is 191 Å². The van der Waals surface area contributed by atoms with E-state index in [0.717, 1.165) is 27.7 Å². The fraction of sp³-hybridized carbons (Fsp3) is 0.333. The summed E-state index contributed by atoms with van der Waals surface area (Å²) in [5, 5.41) is 0. The van der Waals surface area contributed by atoms with Gasteiger partial charge >= 0.3 is 6.16 Å². The molecule has 2 atom stereocenters. The molecule has 2 aromatic carbocycles. The van der Waals surface area contributed by atoms with Crippen LogP contribution >= 0.6 is 15.9 Å². The van der Waals surface area contributed by atoms with E-state index in [1.807, 2.05) is 30.0 Å². The molecule has 0 radical (unpaired) electrons. The van der Waals surface area contributed by atoms with Gasteiger partial charge in [0, 0.05) is 16.7 Å². The fourth-order valence-corrected chi connectivity index (χ4v) is 4.53. The number of carbonyl (C=O) groups excluding carboxylic acids is 2. The highest BCUT2D eigenvalue weighted by atomic mass is 79.9. The van der Waals surface area contributed by atoms with Crippen LogP contribution in [0.3, 0.4) is 0 Å². The van der Waals surface area contributed by atoms with Gasteiger partial charge in [0.15, 0.2) is 0 Å². The van der Waals surface area contributed by atoms with E-state index >= 15 is 0 Å². The minimum Gasteiger partial charge on any atom is -0.430 e. The van der Waals surface area contributed by atoms with E-state index in [1.54, 1.807) is 12.1 Å². The average Bonchev–Trinajstić information content (AvgIpc) is 2.73. The topological polar surface area (TPSA) is 81.9 Å². The summed E-state index contributed by atoms with van der Waals surface area (Å²) < 4.78 is 10.7. The molecule has 7 heteroatoms. The lowest BCUT2D eigenvalue weighted by Gasteiger charge is -2.34. The van der Waals surface area contributed by atoms with Crippen LogP contribution in [0.1, 0.15) is 23.6 Å². The smallest absolute Gasteiger partial charge is 0.430 e. The fourth-order valence-electron chi connectivity index (χ4n) is 3.83. The molecule has 0 saturated carbocycles. The molecule has 0 fully saturated rings. The van der Waals surface area contributed by atoms with Gasteiger partial charge in [0.25, 0.3) is 0 Å². The van der Waals surface area contributed by atoms with E-state index in [0.29, 0.717) is 24.6 Å². The molecule has 0 bridgehead atoms. The first-order valence-electron chi connectivity index (χ1n) is 10.2. The van der Waals surface area contributed by atoms with Crippen LogP contribution in [0.4, 0.5) is 10.5 Å². The van der Waals surface area contributed by atoms with Crippen LogP contribution in [-0.4, -0.2) is 31.3 Å². The van der Waals surface area contributed by atoms with Crippen LogP contribution < -0.4 is 15.4 Å². The maximum Gasteiger partial charge on any atom is 0.514 e. The number of benzene rings is 2. The Morgan fingerprint density at radius 3 is 2.81 bits per heavy atom. The van der Waals surface area contributed by atoms with Gasteiger partial charge in [0.05, 0.1) is 6.04 Å². The van der Waals surface area contributed by atoms with Crippen LogP contribution in [0.25, 0.3) is 0 Å². The average molecular weight is 487 g/mol. The molecule has 3 rings (SSSR count). The zero-order chi connectivity index (χ0) is 22.5. The number of carbonyl (C=O) groups is 2. The van der Waals surface area contributed by atoms with E-state index in [9.17, 15) is 9.59 Å². The molecule has 1 aliphatic heterocycles. The number of ether oxygens (including phenoxy) is 2. The molecule has 1 unspecified atom stereocenters. The maximum atomic E-state index is 13.2. The van der Waals surface area contributed by atoms with Crippen molar-refractivity contribution in [2.75, 3.05) is 18.1 Å². The number of hydrogen-bond acceptors (Lipinski definition) is 5. The lowest BCUT2D eigenvalue weighted by Crippen LogP contribution is -2.48. The first-order chi connectivity index (χ1) is 14.8. The molecular weight excluding hydrogens is 460 g/mol. The molecule has 2 aromatic rings. The number of amides is 1. The molecule has 164 valence electrons. The molecule has 0 aromatic heterocycles. The summed E-state index contributed by atoms with van der Waals surface area (Å²) in [6.45, 7) is 8.25. The molecular formula is C24H27BrN2O4. The summed E-state index contributed by atoms with van der Waals surface area (Å²) >= 11 is 3.52. The summed E-state index contributed by atoms with van der Waals surface area (Å²) in [6.07, 6.45) is 1.98. The van der Waals surface area contributed by atoms with Crippen molar-refractivity contribution >= 4 is 33.7 Å². The number of anilines is 1. The summed E-state index contributed by atoms with van der Waals surface area (Å²) in [7, 11) is 0. The third-order valence-electron chi connectivity index (χ3n) is 5.26. The standard InChI is InChI=1S/C24H27BrN2O4/c1-4-9-30-24(29)31-18-11-16(3)19(20(25)12-18)13-21(26)23(28)27-14-15(2)10-17-7-5-6-8-22(17)27/h4-8,11-12,15,21H,1,9-10,13-14,26H2,2-3H3/t15?,21-/m0/s1. The number of nitrogens with two attached hydrogens (primary N) is 1. The minimum absolute atomic E-state index is 0.0757. The maximum absolute atomic E-state index is 13.2. The predicted molar refractivity (Wildman–Crippen MR) is 124 cm³/mol. The van der Waals surface area contributed by atoms with E-state index in [1.165, 1.54) is 11.6 Å². The number of halogens is 1. The lowest BCUT2D eigenvalue weighted by atomic mass is 9.92. The van der Waals surface area contributed by atoms with E-state index in [-0.39, 0.29) is 12.5 Å². The zero-order valence-electron chi connectivity index (χ0n) is 17.8.